The smallest absolute Gasteiger partial charge is 0.372 e. The number of ether oxygens (including phenoxy) is 2. The number of epoxide rings is 1. The van der Waals surface area contributed by atoms with Crippen molar-refractivity contribution in [2.75, 3.05) is 41.0 Å². The van der Waals surface area contributed by atoms with Crippen LogP contribution < -0.4 is 0 Å². The van der Waals surface area contributed by atoms with E-state index in [4.69, 9.17) is 18.3 Å². The molecule has 3 unspecified atom stereocenters. The third-order valence-corrected chi connectivity index (χ3v) is 9.86. The monoisotopic (exact) mass is 343 g/mol. The number of rotatable bonds is 10. The molecule has 5 nitrogen and oxygen atoms in total. The van der Waals surface area contributed by atoms with Gasteiger partial charge in [-0.3, -0.25) is 4.90 Å². The fraction of sp³-hybridized carbons (Fsp3) is 0.882. The molecule has 0 N–H and O–H groups in total. The first-order chi connectivity index (χ1) is 11.1. The Morgan fingerprint density at radius 2 is 2.04 bits per heavy atom. The first kappa shape index (κ1) is 19.1. The van der Waals surface area contributed by atoms with Crippen LogP contribution in [0, 0.1) is 0 Å². The van der Waals surface area contributed by atoms with Crippen molar-refractivity contribution in [3.8, 4) is 0 Å². The largest absolute Gasteiger partial charge is 0.396 e. The highest BCUT2D eigenvalue weighted by Crippen LogP contribution is 2.45. The Balaban J connectivity index is 2.37. The van der Waals surface area contributed by atoms with Gasteiger partial charge in [-0.15, -0.1) is 6.58 Å². The van der Waals surface area contributed by atoms with Crippen molar-refractivity contribution in [3.05, 3.63) is 12.7 Å². The zero-order valence-electron chi connectivity index (χ0n) is 15.2. The van der Waals surface area contributed by atoms with E-state index in [1.165, 1.54) is 0 Å². The highest BCUT2D eigenvalue weighted by atomic mass is 28.4. The molecule has 3 atom stereocenters. The van der Waals surface area contributed by atoms with Gasteiger partial charge in [-0.25, -0.2) is 0 Å². The van der Waals surface area contributed by atoms with Crippen LogP contribution in [-0.2, 0) is 18.3 Å². The van der Waals surface area contributed by atoms with E-state index in [9.17, 15) is 0 Å². The quantitative estimate of drug-likeness (QED) is 0.346. The molecular formula is C17H33NO4Si. The Hall–Kier alpha value is -0.243. The fourth-order valence-electron chi connectivity index (χ4n) is 4.39. The Morgan fingerprint density at radius 3 is 2.52 bits per heavy atom. The van der Waals surface area contributed by atoms with Gasteiger partial charge < -0.3 is 18.3 Å². The van der Waals surface area contributed by atoms with Crippen LogP contribution in [0.25, 0.3) is 0 Å². The van der Waals surface area contributed by atoms with E-state index in [-0.39, 0.29) is 11.3 Å². The minimum Gasteiger partial charge on any atom is -0.396 e. The van der Waals surface area contributed by atoms with Crippen LogP contribution >= 0.6 is 0 Å². The average molecular weight is 344 g/mol. The Morgan fingerprint density at radius 1 is 1.35 bits per heavy atom. The van der Waals surface area contributed by atoms with Crippen molar-refractivity contribution in [3.63, 3.8) is 0 Å². The SMILES string of the molecule is C=CCN(CC1CO1)C1CCC[Si](OC)(OC)C1(CCC)OC. The lowest BCUT2D eigenvalue weighted by atomic mass is 9.97. The maximum Gasteiger partial charge on any atom is 0.372 e. The summed E-state index contributed by atoms with van der Waals surface area (Å²) < 4.78 is 23.9. The van der Waals surface area contributed by atoms with Crippen LogP contribution in [0.3, 0.4) is 0 Å². The van der Waals surface area contributed by atoms with Gasteiger partial charge in [0.05, 0.1) is 12.7 Å². The Kier molecular flexibility index (Phi) is 6.83. The summed E-state index contributed by atoms with van der Waals surface area (Å²) in [6, 6.07) is 1.28. The zero-order valence-corrected chi connectivity index (χ0v) is 16.2. The second kappa shape index (κ2) is 8.23. The minimum absolute atomic E-state index is 0.287. The van der Waals surface area contributed by atoms with Gasteiger partial charge in [0, 0.05) is 40.5 Å². The number of hydrogen-bond donors (Lipinski definition) is 0. The molecular weight excluding hydrogens is 310 g/mol. The summed E-state index contributed by atoms with van der Waals surface area (Å²) in [5.41, 5.74) is 0. The predicted octanol–water partition coefficient (Wildman–Crippen LogP) is 2.50. The lowest BCUT2D eigenvalue weighted by Crippen LogP contribution is -2.73. The Labute approximate surface area is 142 Å². The van der Waals surface area contributed by atoms with Crippen LogP contribution in [0.1, 0.15) is 32.6 Å². The summed E-state index contributed by atoms with van der Waals surface area (Å²) in [7, 11) is 2.96. The van der Waals surface area contributed by atoms with E-state index < -0.39 is 8.56 Å². The summed E-state index contributed by atoms with van der Waals surface area (Å²) in [5.74, 6) is 0. The lowest BCUT2D eigenvalue weighted by molar-refractivity contribution is -0.0725. The van der Waals surface area contributed by atoms with Crippen molar-refractivity contribution in [2.24, 2.45) is 0 Å². The van der Waals surface area contributed by atoms with E-state index in [2.05, 4.69) is 18.4 Å². The second-order valence-electron chi connectivity index (χ2n) is 6.61. The van der Waals surface area contributed by atoms with E-state index in [0.717, 1.165) is 51.4 Å². The molecule has 2 saturated heterocycles. The molecule has 0 saturated carbocycles. The van der Waals surface area contributed by atoms with E-state index in [1.807, 2.05) is 13.2 Å². The molecule has 2 fully saturated rings. The fourth-order valence-corrected chi connectivity index (χ4v) is 8.52. The van der Waals surface area contributed by atoms with Gasteiger partial charge in [0.1, 0.15) is 5.22 Å². The van der Waals surface area contributed by atoms with Crippen LogP contribution in [0.2, 0.25) is 6.04 Å². The van der Waals surface area contributed by atoms with E-state index in [0.29, 0.717) is 6.10 Å². The maximum atomic E-state index is 6.25. The maximum absolute atomic E-state index is 6.25. The van der Waals surface area contributed by atoms with Crippen LogP contribution in [-0.4, -0.2) is 71.9 Å². The van der Waals surface area contributed by atoms with Gasteiger partial charge in [-0.1, -0.05) is 19.4 Å². The van der Waals surface area contributed by atoms with E-state index in [1.54, 1.807) is 14.2 Å². The van der Waals surface area contributed by atoms with Gasteiger partial charge in [0.2, 0.25) is 0 Å². The van der Waals surface area contributed by atoms with Crippen LogP contribution in [0.5, 0.6) is 0 Å². The van der Waals surface area contributed by atoms with Gasteiger partial charge in [0.25, 0.3) is 0 Å². The molecule has 0 radical (unpaired) electrons. The summed E-state index contributed by atoms with van der Waals surface area (Å²) in [4.78, 5) is 2.47. The molecule has 0 aliphatic carbocycles. The minimum atomic E-state index is -2.46. The zero-order chi connectivity index (χ0) is 16.9. The summed E-state index contributed by atoms with van der Waals surface area (Å²) in [6.45, 7) is 8.80. The van der Waals surface area contributed by atoms with Gasteiger partial charge in [-0.2, -0.15) is 0 Å². The molecule has 0 bridgehead atoms. The van der Waals surface area contributed by atoms with Crippen LogP contribution in [0.4, 0.5) is 0 Å². The molecule has 2 aliphatic rings. The Bertz CT molecular complexity index is 387. The van der Waals surface area contributed by atoms with Crippen molar-refractivity contribution in [2.45, 2.75) is 56.0 Å². The van der Waals surface area contributed by atoms with Crippen molar-refractivity contribution >= 4 is 8.56 Å². The molecule has 2 heterocycles. The lowest BCUT2D eigenvalue weighted by Gasteiger charge is -2.55. The van der Waals surface area contributed by atoms with Crippen LogP contribution in [0.15, 0.2) is 12.7 Å². The summed E-state index contributed by atoms with van der Waals surface area (Å²) >= 11 is 0. The topological polar surface area (TPSA) is 43.5 Å². The molecule has 0 spiro atoms. The molecule has 0 amide bonds. The molecule has 2 aliphatic heterocycles. The first-order valence-corrected chi connectivity index (χ1v) is 10.8. The molecule has 134 valence electrons. The standard InChI is InChI=1S/C17H33NO4Si/c1-6-10-17(19-3)16(9-8-12-23(17,20-4)21-5)18(11-7-2)13-15-14-22-15/h7,15-16H,2,6,8-14H2,1,3-5H3. The van der Waals surface area contributed by atoms with Gasteiger partial charge in [-0.05, 0) is 25.3 Å². The normalized spacial score (nSPS) is 32.9. The predicted molar refractivity (Wildman–Crippen MR) is 93.8 cm³/mol. The third-order valence-electron chi connectivity index (χ3n) is 5.46. The molecule has 0 aromatic carbocycles. The van der Waals surface area contributed by atoms with E-state index >= 15 is 0 Å². The van der Waals surface area contributed by atoms with Crippen molar-refractivity contribution < 1.29 is 18.3 Å². The highest BCUT2D eigenvalue weighted by molar-refractivity contribution is 6.71. The molecule has 6 heteroatoms. The molecule has 0 aromatic rings. The number of hydrogen-bond acceptors (Lipinski definition) is 5. The summed E-state index contributed by atoms with van der Waals surface area (Å²) in [6.07, 6.45) is 6.57. The number of nitrogens with zero attached hydrogens (tertiary/aromatic N) is 1. The van der Waals surface area contributed by atoms with Crippen molar-refractivity contribution in [1.29, 1.82) is 0 Å². The van der Waals surface area contributed by atoms with Crippen molar-refractivity contribution in [1.82, 2.24) is 4.90 Å². The van der Waals surface area contributed by atoms with Gasteiger partial charge >= 0.3 is 8.56 Å². The molecule has 23 heavy (non-hydrogen) atoms. The average Bonchev–Trinajstić information content (AvgIpc) is 3.39. The third kappa shape index (κ3) is 3.57. The summed E-state index contributed by atoms with van der Waals surface area (Å²) in [5, 5.41) is -0.346. The molecule has 2 rings (SSSR count). The first-order valence-electron chi connectivity index (χ1n) is 8.75. The molecule has 0 aromatic heterocycles. The number of methoxy groups -OCH3 is 1. The van der Waals surface area contributed by atoms with Gasteiger partial charge in [0.15, 0.2) is 0 Å². The highest BCUT2D eigenvalue weighted by Gasteiger charge is 2.64. The second-order valence-corrected chi connectivity index (χ2v) is 10.3.